The lowest BCUT2D eigenvalue weighted by atomic mass is 10.5. The molecule has 1 unspecified atom stereocenters. The van der Waals surface area contributed by atoms with Crippen LogP contribution in [-0.2, 0) is 14.9 Å². The van der Waals surface area contributed by atoms with Crippen LogP contribution in [0.4, 0.5) is 0 Å². The molecule has 5 nitrogen and oxygen atoms in total. The third kappa shape index (κ3) is 13.3. The molecule has 0 fully saturated rings. The minimum atomic E-state index is -4.20. The van der Waals surface area contributed by atoms with E-state index in [1.54, 1.807) is 12.2 Å². The number of hydrogen-bond donors (Lipinski definition) is 2. The molecule has 0 spiro atoms. The second-order valence-electron chi connectivity index (χ2n) is 2.49. The van der Waals surface area contributed by atoms with Crippen molar-refractivity contribution < 1.29 is 22.8 Å². The van der Waals surface area contributed by atoms with Gasteiger partial charge in [-0.3, -0.25) is 4.55 Å². The summed E-state index contributed by atoms with van der Waals surface area (Å²) in [7, 11) is -4.20. The van der Waals surface area contributed by atoms with Crippen molar-refractivity contribution in [3.63, 3.8) is 0 Å². The van der Waals surface area contributed by atoms with Crippen molar-refractivity contribution in [2.45, 2.75) is 18.8 Å². The van der Waals surface area contributed by atoms with E-state index in [9.17, 15) is 8.42 Å². The second kappa shape index (κ2) is 9.85. The Hall–Kier alpha value is -0.690. The molecular weight excluding hydrogens is 220 g/mol. The van der Waals surface area contributed by atoms with Crippen LogP contribution in [0.25, 0.3) is 0 Å². The van der Waals surface area contributed by atoms with E-state index in [0.717, 1.165) is 0 Å². The molecular formula is C9H18O5S. The Kier molecular flexibility index (Phi) is 11.0. The third-order valence-electron chi connectivity index (χ3n) is 1.16. The number of hydrogen-bond acceptors (Lipinski definition) is 4. The van der Waals surface area contributed by atoms with Crippen molar-refractivity contribution in [3.8, 4) is 0 Å². The first-order valence-corrected chi connectivity index (χ1v) is 5.84. The minimum Gasteiger partial charge on any atom is -0.375 e. The Balaban J connectivity index is 0. The molecule has 0 aliphatic rings. The van der Waals surface area contributed by atoms with Gasteiger partial charge >= 0.3 is 0 Å². The molecule has 90 valence electrons. The largest absolute Gasteiger partial charge is 0.375 e. The highest BCUT2D eigenvalue weighted by atomic mass is 32.2. The van der Waals surface area contributed by atoms with Crippen molar-refractivity contribution in [1.29, 1.82) is 0 Å². The average Bonchev–Trinajstić information content (AvgIpc) is 2.17. The van der Waals surface area contributed by atoms with Crippen molar-refractivity contribution in [1.82, 2.24) is 0 Å². The van der Waals surface area contributed by atoms with E-state index < -0.39 is 15.6 Å². The zero-order valence-corrected chi connectivity index (χ0v) is 9.61. The number of aliphatic hydroxyl groups is 1. The van der Waals surface area contributed by atoms with Gasteiger partial charge < -0.3 is 9.84 Å². The van der Waals surface area contributed by atoms with Gasteiger partial charge in [-0.2, -0.15) is 8.42 Å². The van der Waals surface area contributed by atoms with E-state index in [1.807, 2.05) is 0 Å². The molecule has 0 bridgehead atoms. The van der Waals surface area contributed by atoms with Crippen LogP contribution in [0, 0.1) is 0 Å². The molecule has 6 heteroatoms. The molecule has 2 N–H and O–H groups in total. The standard InChI is InChI=1S/C6H10O.C3H8O4S/c1-3-5-7-6-4-2;1-2-3(4)8(5,6)7/h3-4H,1-2,5-6H2;3-4H,2H2,1H3,(H,5,6,7). The van der Waals surface area contributed by atoms with Gasteiger partial charge in [0.15, 0.2) is 5.44 Å². The van der Waals surface area contributed by atoms with E-state index in [4.69, 9.17) is 14.4 Å². The molecule has 0 aliphatic carbocycles. The first kappa shape index (κ1) is 16.7. The maximum atomic E-state index is 9.87. The lowest BCUT2D eigenvalue weighted by Gasteiger charge is -1.99. The van der Waals surface area contributed by atoms with Gasteiger partial charge in [0.05, 0.1) is 13.2 Å². The van der Waals surface area contributed by atoms with Gasteiger partial charge in [0.1, 0.15) is 0 Å². The van der Waals surface area contributed by atoms with E-state index >= 15 is 0 Å². The summed E-state index contributed by atoms with van der Waals surface area (Å²) in [5.41, 5.74) is -1.62. The van der Waals surface area contributed by atoms with E-state index in [0.29, 0.717) is 13.2 Å². The van der Waals surface area contributed by atoms with Crippen LogP contribution in [0.2, 0.25) is 0 Å². The molecule has 0 aromatic carbocycles. The van der Waals surface area contributed by atoms with Crippen LogP contribution in [0.3, 0.4) is 0 Å². The van der Waals surface area contributed by atoms with Crippen LogP contribution in [-0.4, -0.2) is 36.7 Å². The Bertz CT molecular complexity index is 250. The fraction of sp³-hybridized carbons (Fsp3) is 0.556. The highest BCUT2D eigenvalue weighted by Crippen LogP contribution is 1.96. The van der Waals surface area contributed by atoms with Crippen LogP contribution in [0.15, 0.2) is 25.3 Å². The highest BCUT2D eigenvalue weighted by Gasteiger charge is 2.15. The average molecular weight is 238 g/mol. The van der Waals surface area contributed by atoms with E-state index in [1.165, 1.54) is 6.92 Å². The maximum Gasteiger partial charge on any atom is 0.291 e. The van der Waals surface area contributed by atoms with Crippen molar-refractivity contribution >= 4 is 10.1 Å². The molecule has 0 saturated carbocycles. The quantitative estimate of drug-likeness (QED) is 0.409. The molecule has 0 radical (unpaired) electrons. The Morgan fingerprint density at radius 1 is 1.33 bits per heavy atom. The van der Waals surface area contributed by atoms with Gasteiger partial charge in [0.25, 0.3) is 10.1 Å². The summed E-state index contributed by atoms with van der Waals surface area (Å²) in [6, 6.07) is 0. The van der Waals surface area contributed by atoms with Crippen LogP contribution in [0.1, 0.15) is 13.3 Å². The summed E-state index contributed by atoms with van der Waals surface area (Å²) in [6.45, 7) is 9.64. The fourth-order valence-electron chi connectivity index (χ4n) is 0.445. The zero-order valence-electron chi connectivity index (χ0n) is 8.80. The Morgan fingerprint density at radius 2 is 1.73 bits per heavy atom. The van der Waals surface area contributed by atoms with Gasteiger partial charge in [0.2, 0.25) is 0 Å². The molecule has 1 atom stereocenters. The predicted octanol–water partition coefficient (Wildman–Crippen LogP) is 0.978. The summed E-state index contributed by atoms with van der Waals surface area (Å²) in [5, 5.41) is 8.36. The normalized spacial score (nSPS) is 12.2. The predicted molar refractivity (Wildman–Crippen MR) is 59.1 cm³/mol. The van der Waals surface area contributed by atoms with E-state index in [2.05, 4.69) is 13.2 Å². The Labute approximate surface area is 90.8 Å². The van der Waals surface area contributed by atoms with Gasteiger partial charge in [-0.25, -0.2) is 0 Å². The maximum absolute atomic E-state index is 9.87. The van der Waals surface area contributed by atoms with Crippen LogP contribution < -0.4 is 0 Å². The molecule has 0 aliphatic heterocycles. The van der Waals surface area contributed by atoms with Crippen LogP contribution >= 0.6 is 0 Å². The highest BCUT2D eigenvalue weighted by molar-refractivity contribution is 7.86. The number of ether oxygens (including phenoxy) is 1. The zero-order chi connectivity index (χ0) is 12.3. The molecule has 15 heavy (non-hydrogen) atoms. The first-order valence-electron chi connectivity index (χ1n) is 4.34. The minimum absolute atomic E-state index is 0.0127. The molecule has 0 rings (SSSR count). The van der Waals surface area contributed by atoms with E-state index in [-0.39, 0.29) is 6.42 Å². The third-order valence-corrected chi connectivity index (χ3v) is 2.19. The van der Waals surface area contributed by atoms with Gasteiger partial charge in [-0.15, -0.1) is 13.2 Å². The summed E-state index contributed by atoms with van der Waals surface area (Å²) < 4.78 is 32.6. The van der Waals surface area contributed by atoms with Crippen LogP contribution in [0.5, 0.6) is 0 Å². The topological polar surface area (TPSA) is 83.8 Å². The fourth-order valence-corrected chi connectivity index (χ4v) is 0.867. The molecule has 0 aromatic rings. The molecule has 0 saturated heterocycles. The number of rotatable bonds is 6. The molecule has 0 amide bonds. The SMILES string of the molecule is C=CCOCC=C.CCC(O)S(=O)(=O)O. The summed E-state index contributed by atoms with van der Waals surface area (Å²) in [4.78, 5) is 0. The molecule has 0 heterocycles. The molecule has 0 aromatic heterocycles. The smallest absolute Gasteiger partial charge is 0.291 e. The lowest BCUT2D eigenvalue weighted by Crippen LogP contribution is -2.17. The monoisotopic (exact) mass is 238 g/mol. The van der Waals surface area contributed by atoms with Crippen molar-refractivity contribution in [3.05, 3.63) is 25.3 Å². The summed E-state index contributed by atoms with van der Waals surface area (Å²) in [5.74, 6) is 0. The first-order chi connectivity index (χ1) is 6.90. The van der Waals surface area contributed by atoms with Gasteiger partial charge in [0, 0.05) is 0 Å². The second-order valence-corrected chi connectivity index (χ2v) is 4.07. The van der Waals surface area contributed by atoms with Crippen molar-refractivity contribution in [2.75, 3.05) is 13.2 Å². The lowest BCUT2D eigenvalue weighted by molar-refractivity contribution is 0.194. The van der Waals surface area contributed by atoms with Gasteiger partial charge in [-0.05, 0) is 6.42 Å². The van der Waals surface area contributed by atoms with Crippen molar-refractivity contribution in [2.24, 2.45) is 0 Å². The Morgan fingerprint density at radius 3 is 1.87 bits per heavy atom. The summed E-state index contributed by atoms with van der Waals surface area (Å²) in [6.07, 6.45) is 3.44. The summed E-state index contributed by atoms with van der Waals surface area (Å²) >= 11 is 0. The number of aliphatic hydroxyl groups excluding tert-OH is 1. The van der Waals surface area contributed by atoms with Gasteiger partial charge in [-0.1, -0.05) is 19.1 Å².